The van der Waals surface area contributed by atoms with Crippen LogP contribution in [-0.2, 0) is 0 Å². The highest BCUT2D eigenvalue weighted by Gasteiger charge is 2.25. The Morgan fingerprint density at radius 1 is 1.22 bits per heavy atom. The topological polar surface area (TPSA) is 20.3 Å². The van der Waals surface area contributed by atoms with Gasteiger partial charge in [-0.25, -0.2) is 0 Å². The van der Waals surface area contributed by atoms with Crippen LogP contribution in [0.5, 0.6) is 0 Å². The molecule has 0 unspecified atom stereocenters. The van der Waals surface area contributed by atoms with E-state index in [1.807, 2.05) is 36.1 Å². The SMILES string of the molecule is Cc1ccccc1C(=O)N1CCC(C(C)C)CC1. The quantitative estimate of drug-likeness (QED) is 0.781. The number of amides is 1. The van der Waals surface area contributed by atoms with Crippen molar-refractivity contribution < 1.29 is 4.79 Å². The largest absolute Gasteiger partial charge is 0.339 e. The molecule has 1 fully saturated rings. The van der Waals surface area contributed by atoms with E-state index in [4.69, 9.17) is 0 Å². The molecule has 0 saturated carbocycles. The van der Waals surface area contributed by atoms with Crippen molar-refractivity contribution in [2.75, 3.05) is 13.1 Å². The van der Waals surface area contributed by atoms with Crippen LogP contribution in [-0.4, -0.2) is 23.9 Å². The first-order chi connectivity index (χ1) is 8.59. The molecule has 0 spiro atoms. The van der Waals surface area contributed by atoms with E-state index in [2.05, 4.69) is 13.8 Å². The van der Waals surface area contributed by atoms with Crippen molar-refractivity contribution in [3.05, 3.63) is 35.4 Å². The molecule has 1 aromatic rings. The van der Waals surface area contributed by atoms with E-state index in [-0.39, 0.29) is 5.91 Å². The number of hydrogen-bond donors (Lipinski definition) is 0. The summed E-state index contributed by atoms with van der Waals surface area (Å²) in [6.45, 7) is 8.40. The van der Waals surface area contributed by atoms with Gasteiger partial charge in [0.05, 0.1) is 0 Å². The third-order valence-corrected chi connectivity index (χ3v) is 4.15. The van der Waals surface area contributed by atoms with E-state index >= 15 is 0 Å². The van der Waals surface area contributed by atoms with Gasteiger partial charge in [-0.05, 0) is 43.2 Å². The van der Waals surface area contributed by atoms with E-state index in [1.165, 1.54) is 0 Å². The summed E-state index contributed by atoms with van der Waals surface area (Å²) in [4.78, 5) is 14.4. The van der Waals surface area contributed by atoms with E-state index in [0.29, 0.717) is 0 Å². The number of carbonyl (C=O) groups excluding carboxylic acids is 1. The molecular weight excluding hydrogens is 222 g/mol. The Morgan fingerprint density at radius 2 is 1.83 bits per heavy atom. The summed E-state index contributed by atoms with van der Waals surface area (Å²) in [5, 5.41) is 0. The number of benzene rings is 1. The van der Waals surface area contributed by atoms with Crippen molar-refractivity contribution >= 4 is 5.91 Å². The smallest absolute Gasteiger partial charge is 0.254 e. The Bertz CT molecular complexity index is 417. The third kappa shape index (κ3) is 2.74. The molecule has 1 aliphatic heterocycles. The van der Waals surface area contributed by atoms with Gasteiger partial charge in [0, 0.05) is 18.7 Å². The summed E-state index contributed by atoms with van der Waals surface area (Å²) in [6, 6.07) is 7.87. The molecule has 1 heterocycles. The van der Waals surface area contributed by atoms with Crippen LogP contribution in [0.1, 0.15) is 42.6 Å². The second kappa shape index (κ2) is 5.55. The molecule has 18 heavy (non-hydrogen) atoms. The van der Waals surface area contributed by atoms with Crippen molar-refractivity contribution in [2.45, 2.75) is 33.6 Å². The lowest BCUT2D eigenvalue weighted by atomic mass is 9.86. The average molecular weight is 245 g/mol. The van der Waals surface area contributed by atoms with Gasteiger partial charge >= 0.3 is 0 Å². The fourth-order valence-electron chi connectivity index (χ4n) is 2.75. The van der Waals surface area contributed by atoms with E-state index < -0.39 is 0 Å². The van der Waals surface area contributed by atoms with Gasteiger partial charge in [-0.2, -0.15) is 0 Å². The number of nitrogens with zero attached hydrogens (tertiary/aromatic N) is 1. The molecular formula is C16H23NO. The van der Waals surface area contributed by atoms with Gasteiger partial charge in [0.2, 0.25) is 0 Å². The van der Waals surface area contributed by atoms with Crippen LogP contribution in [0, 0.1) is 18.8 Å². The number of carbonyl (C=O) groups is 1. The molecule has 2 rings (SSSR count). The molecule has 1 aliphatic rings. The van der Waals surface area contributed by atoms with Crippen LogP contribution in [0.3, 0.4) is 0 Å². The van der Waals surface area contributed by atoms with Crippen LogP contribution in [0.2, 0.25) is 0 Å². The normalized spacial score (nSPS) is 17.2. The van der Waals surface area contributed by atoms with Crippen LogP contribution < -0.4 is 0 Å². The number of piperidine rings is 1. The van der Waals surface area contributed by atoms with Crippen LogP contribution >= 0.6 is 0 Å². The van der Waals surface area contributed by atoms with Gasteiger partial charge < -0.3 is 4.90 Å². The molecule has 0 aliphatic carbocycles. The fraction of sp³-hybridized carbons (Fsp3) is 0.562. The Hall–Kier alpha value is -1.31. The predicted molar refractivity (Wildman–Crippen MR) is 74.6 cm³/mol. The predicted octanol–water partition coefficient (Wildman–Crippen LogP) is 3.50. The summed E-state index contributed by atoms with van der Waals surface area (Å²) >= 11 is 0. The minimum absolute atomic E-state index is 0.204. The maximum absolute atomic E-state index is 12.4. The van der Waals surface area contributed by atoms with E-state index in [0.717, 1.165) is 48.9 Å². The number of hydrogen-bond acceptors (Lipinski definition) is 1. The molecule has 2 heteroatoms. The highest BCUT2D eigenvalue weighted by atomic mass is 16.2. The van der Waals surface area contributed by atoms with Crippen LogP contribution in [0.4, 0.5) is 0 Å². The monoisotopic (exact) mass is 245 g/mol. The Kier molecular flexibility index (Phi) is 4.05. The molecule has 0 atom stereocenters. The van der Waals surface area contributed by atoms with Gasteiger partial charge in [0.15, 0.2) is 0 Å². The van der Waals surface area contributed by atoms with Gasteiger partial charge in [-0.1, -0.05) is 32.0 Å². The second-order valence-electron chi connectivity index (χ2n) is 5.69. The minimum atomic E-state index is 0.204. The summed E-state index contributed by atoms with van der Waals surface area (Å²) < 4.78 is 0. The number of likely N-dealkylation sites (tertiary alicyclic amines) is 1. The molecule has 0 radical (unpaired) electrons. The lowest BCUT2D eigenvalue weighted by Crippen LogP contribution is -2.39. The highest BCUT2D eigenvalue weighted by Crippen LogP contribution is 2.25. The summed E-state index contributed by atoms with van der Waals surface area (Å²) in [6.07, 6.45) is 2.30. The molecule has 1 amide bonds. The van der Waals surface area contributed by atoms with Crippen molar-refractivity contribution in [2.24, 2.45) is 11.8 Å². The molecule has 2 nitrogen and oxygen atoms in total. The number of rotatable bonds is 2. The Morgan fingerprint density at radius 3 is 2.39 bits per heavy atom. The van der Waals surface area contributed by atoms with Gasteiger partial charge in [0.1, 0.15) is 0 Å². The Balaban J connectivity index is 2.02. The van der Waals surface area contributed by atoms with Gasteiger partial charge in [0.25, 0.3) is 5.91 Å². The van der Waals surface area contributed by atoms with Crippen molar-refractivity contribution in [1.82, 2.24) is 4.90 Å². The maximum Gasteiger partial charge on any atom is 0.254 e. The standard InChI is InChI=1S/C16H23NO/c1-12(2)14-8-10-17(11-9-14)16(18)15-7-5-4-6-13(15)3/h4-7,12,14H,8-11H2,1-3H3. The van der Waals surface area contributed by atoms with Crippen molar-refractivity contribution in [3.8, 4) is 0 Å². The zero-order valence-electron chi connectivity index (χ0n) is 11.6. The molecule has 0 bridgehead atoms. The van der Waals surface area contributed by atoms with Gasteiger partial charge in [-0.3, -0.25) is 4.79 Å². The molecule has 98 valence electrons. The first kappa shape index (κ1) is 13.1. The van der Waals surface area contributed by atoms with Gasteiger partial charge in [-0.15, -0.1) is 0 Å². The molecule has 0 N–H and O–H groups in total. The first-order valence-corrected chi connectivity index (χ1v) is 6.94. The summed E-state index contributed by atoms with van der Waals surface area (Å²) in [7, 11) is 0. The van der Waals surface area contributed by atoms with Crippen molar-refractivity contribution in [1.29, 1.82) is 0 Å². The fourth-order valence-corrected chi connectivity index (χ4v) is 2.75. The van der Waals surface area contributed by atoms with E-state index in [1.54, 1.807) is 0 Å². The average Bonchev–Trinajstić information content (AvgIpc) is 2.38. The lowest BCUT2D eigenvalue weighted by Gasteiger charge is -2.34. The third-order valence-electron chi connectivity index (χ3n) is 4.15. The molecule has 1 aromatic carbocycles. The van der Waals surface area contributed by atoms with Crippen LogP contribution in [0.25, 0.3) is 0 Å². The summed E-state index contributed by atoms with van der Waals surface area (Å²) in [5.74, 6) is 1.72. The molecule has 1 saturated heterocycles. The van der Waals surface area contributed by atoms with Crippen LogP contribution in [0.15, 0.2) is 24.3 Å². The zero-order valence-corrected chi connectivity index (χ0v) is 11.6. The minimum Gasteiger partial charge on any atom is -0.339 e. The Labute approximate surface area is 110 Å². The lowest BCUT2D eigenvalue weighted by molar-refractivity contribution is 0.0667. The zero-order chi connectivity index (χ0) is 13.1. The summed E-state index contributed by atoms with van der Waals surface area (Å²) in [5.41, 5.74) is 1.94. The maximum atomic E-state index is 12.4. The number of aryl methyl sites for hydroxylation is 1. The first-order valence-electron chi connectivity index (χ1n) is 6.94. The van der Waals surface area contributed by atoms with E-state index in [9.17, 15) is 4.79 Å². The second-order valence-corrected chi connectivity index (χ2v) is 5.69. The highest BCUT2D eigenvalue weighted by molar-refractivity contribution is 5.95. The molecule has 0 aromatic heterocycles. The van der Waals surface area contributed by atoms with Crippen molar-refractivity contribution in [3.63, 3.8) is 0 Å².